The summed E-state index contributed by atoms with van der Waals surface area (Å²) in [6.45, 7) is 4.63. The van der Waals surface area contributed by atoms with Crippen LogP contribution in [0.25, 0.3) is 10.6 Å². The summed E-state index contributed by atoms with van der Waals surface area (Å²) < 4.78 is 9.19. The molecule has 1 atom stereocenters. The van der Waals surface area contributed by atoms with E-state index in [4.69, 9.17) is 10.5 Å². The van der Waals surface area contributed by atoms with Gasteiger partial charge in [0.2, 0.25) is 0 Å². The molecule has 6 nitrogen and oxygen atoms in total. The number of nitrogens with zero attached hydrogens (tertiary/aromatic N) is 2. The van der Waals surface area contributed by atoms with Crippen LogP contribution in [0.2, 0.25) is 0 Å². The molecule has 2 aromatic rings. The Hall–Kier alpha value is -1.22. The Morgan fingerprint density at radius 2 is 2.29 bits per heavy atom. The molecule has 8 heteroatoms. The minimum absolute atomic E-state index is 0.398. The second-order valence-corrected chi connectivity index (χ2v) is 6.79. The maximum absolute atomic E-state index is 10.3. The van der Waals surface area contributed by atoms with Crippen LogP contribution in [0.5, 0.6) is 0 Å². The first-order valence-electron chi connectivity index (χ1n) is 6.56. The number of nitrogen functional groups attached to an aromatic ring is 1. The van der Waals surface area contributed by atoms with Gasteiger partial charge in [-0.2, -0.15) is 4.37 Å². The lowest BCUT2D eigenvalue weighted by molar-refractivity contribution is 0.0358. The molecule has 0 saturated carbocycles. The van der Waals surface area contributed by atoms with Crippen molar-refractivity contribution in [3.05, 3.63) is 11.1 Å². The van der Waals surface area contributed by atoms with Gasteiger partial charge in [-0.3, -0.25) is 0 Å². The van der Waals surface area contributed by atoms with Crippen LogP contribution in [0.15, 0.2) is 5.38 Å². The second kappa shape index (κ2) is 6.69. The maximum Gasteiger partial charge on any atom is 0.149 e. The molecule has 0 aliphatic rings. The van der Waals surface area contributed by atoms with Gasteiger partial charge in [-0.15, -0.1) is 11.3 Å². The maximum atomic E-state index is 10.3. The number of hydrogen-bond acceptors (Lipinski definition) is 8. The van der Waals surface area contributed by atoms with Gasteiger partial charge in [0.25, 0.3) is 0 Å². The Bertz CT molecular complexity index is 595. The highest BCUT2D eigenvalue weighted by Crippen LogP contribution is 2.38. The third-order valence-corrected chi connectivity index (χ3v) is 4.82. The van der Waals surface area contributed by atoms with Gasteiger partial charge in [-0.25, -0.2) is 4.98 Å². The summed E-state index contributed by atoms with van der Waals surface area (Å²) in [5.41, 5.74) is 6.87. The quantitative estimate of drug-likeness (QED) is 0.722. The predicted molar refractivity (Wildman–Crippen MR) is 88.0 cm³/mol. The molecule has 1 unspecified atom stereocenters. The average molecular weight is 328 g/mol. The summed E-state index contributed by atoms with van der Waals surface area (Å²) in [4.78, 5) is 4.45. The minimum Gasteiger partial charge on any atom is -0.388 e. The van der Waals surface area contributed by atoms with Crippen LogP contribution in [0.3, 0.4) is 0 Å². The number of nitrogens with one attached hydrogen (secondary N) is 1. The van der Waals surface area contributed by atoms with E-state index in [2.05, 4.69) is 14.7 Å². The van der Waals surface area contributed by atoms with Crippen molar-refractivity contribution in [3.8, 4) is 10.6 Å². The highest BCUT2D eigenvalue weighted by atomic mass is 32.1. The molecule has 0 radical (unpaired) electrons. The normalized spacial score (nSPS) is 14.1. The number of aryl methyl sites for hydroxylation is 1. The van der Waals surface area contributed by atoms with Gasteiger partial charge >= 0.3 is 0 Å². The molecule has 0 bridgehead atoms. The standard InChI is InChI=1S/C13H20N4O2S2/c1-8-6-20-12(16-8)9-10(14)17-21-11(9)15-7-13(2,18)4-5-19-3/h6,15,18H,4-5,7H2,1-3H3,(H2,14,17). The summed E-state index contributed by atoms with van der Waals surface area (Å²) in [5.74, 6) is 0.466. The monoisotopic (exact) mass is 328 g/mol. The lowest BCUT2D eigenvalue weighted by Crippen LogP contribution is -2.34. The number of methoxy groups -OCH3 is 1. The van der Waals surface area contributed by atoms with Crippen LogP contribution in [0.4, 0.5) is 10.8 Å². The molecule has 0 saturated heterocycles. The highest BCUT2D eigenvalue weighted by molar-refractivity contribution is 7.15. The van der Waals surface area contributed by atoms with E-state index in [0.29, 0.717) is 25.4 Å². The van der Waals surface area contributed by atoms with Gasteiger partial charge < -0.3 is 20.9 Å². The van der Waals surface area contributed by atoms with Crippen molar-refractivity contribution < 1.29 is 9.84 Å². The second-order valence-electron chi connectivity index (χ2n) is 5.16. The van der Waals surface area contributed by atoms with Gasteiger partial charge in [0.1, 0.15) is 15.8 Å². The molecule has 0 aliphatic carbocycles. The molecule has 116 valence electrons. The fourth-order valence-corrected chi connectivity index (χ4v) is 3.41. The molecule has 2 rings (SSSR count). The van der Waals surface area contributed by atoms with Crippen LogP contribution in [-0.4, -0.2) is 40.3 Å². The van der Waals surface area contributed by atoms with Gasteiger partial charge in [-0.1, -0.05) is 0 Å². The van der Waals surface area contributed by atoms with E-state index in [1.165, 1.54) is 22.9 Å². The molecule has 2 aromatic heterocycles. The molecule has 4 N–H and O–H groups in total. The summed E-state index contributed by atoms with van der Waals surface area (Å²) >= 11 is 2.82. The SMILES string of the molecule is COCCC(C)(O)CNc1snc(N)c1-c1nc(C)cs1. The summed E-state index contributed by atoms with van der Waals surface area (Å²) in [5, 5.41) is 17.2. The summed E-state index contributed by atoms with van der Waals surface area (Å²) in [7, 11) is 1.62. The third-order valence-electron chi connectivity index (χ3n) is 3.03. The van der Waals surface area contributed by atoms with Gasteiger partial charge in [-0.05, 0) is 25.4 Å². The fourth-order valence-electron chi connectivity index (χ4n) is 1.78. The lowest BCUT2D eigenvalue weighted by atomic mass is 10.0. The van der Waals surface area contributed by atoms with E-state index in [-0.39, 0.29) is 0 Å². The van der Waals surface area contributed by atoms with Crippen LogP contribution in [-0.2, 0) is 4.74 Å². The third kappa shape index (κ3) is 4.13. The number of ether oxygens (including phenoxy) is 1. The molecule has 0 fully saturated rings. The fraction of sp³-hybridized carbons (Fsp3) is 0.538. The Balaban J connectivity index is 2.11. The first-order valence-corrected chi connectivity index (χ1v) is 8.21. The molecule has 0 aromatic carbocycles. The Labute approximate surface area is 132 Å². The van der Waals surface area contributed by atoms with Crippen molar-refractivity contribution in [2.45, 2.75) is 25.9 Å². The zero-order valence-corrected chi connectivity index (χ0v) is 14.0. The van der Waals surface area contributed by atoms with Crippen LogP contribution < -0.4 is 11.1 Å². The first-order chi connectivity index (χ1) is 9.93. The van der Waals surface area contributed by atoms with Gasteiger partial charge in [0.05, 0.1) is 11.2 Å². The molecular formula is C13H20N4O2S2. The Kier molecular flexibility index (Phi) is 5.15. The van der Waals surface area contributed by atoms with E-state index >= 15 is 0 Å². The van der Waals surface area contributed by atoms with Crippen molar-refractivity contribution in [2.24, 2.45) is 0 Å². The van der Waals surface area contributed by atoms with Gasteiger partial charge in [0, 0.05) is 37.8 Å². The minimum atomic E-state index is -0.856. The number of anilines is 2. The molecule has 0 aliphatic heterocycles. The van der Waals surface area contributed by atoms with E-state index in [1.54, 1.807) is 14.0 Å². The van der Waals surface area contributed by atoms with Crippen LogP contribution in [0.1, 0.15) is 19.0 Å². The lowest BCUT2D eigenvalue weighted by Gasteiger charge is -2.23. The van der Waals surface area contributed by atoms with Crippen molar-refractivity contribution in [1.29, 1.82) is 0 Å². The number of thiazole rings is 1. The Morgan fingerprint density at radius 3 is 2.90 bits per heavy atom. The first kappa shape index (κ1) is 16.2. The summed E-state index contributed by atoms with van der Waals surface area (Å²) in [6, 6.07) is 0. The predicted octanol–water partition coefficient (Wildman–Crippen LogP) is 2.36. The number of rotatable bonds is 7. The smallest absolute Gasteiger partial charge is 0.149 e. The molecule has 21 heavy (non-hydrogen) atoms. The topological polar surface area (TPSA) is 93.3 Å². The van der Waals surface area contributed by atoms with E-state index in [9.17, 15) is 5.11 Å². The number of aliphatic hydroxyl groups is 1. The van der Waals surface area contributed by atoms with E-state index in [0.717, 1.165) is 21.3 Å². The van der Waals surface area contributed by atoms with Crippen molar-refractivity contribution in [3.63, 3.8) is 0 Å². The molecular weight excluding hydrogens is 308 g/mol. The largest absolute Gasteiger partial charge is 0.388 e. The molecule has 0 spiro atoms. The number of nitrogens with two attached hydrogens (primary N) is 1. The van der Waals surface area contributed by atoms with Gasteiger partial charge in [0.15, 0.2) is 0 Å². The average Bonchev–Trinajstić information content (AvgIpc) is 3.00. The van der Waals surface area contributed by atoms with E-state index < -0.39 is 5.60 Å². The number of hydrogen-bond donors (Lipinski definition) is 3. The van der Waals surface area contributed by atoms with Crippen molar-refractivity contribution in [1.82, 2.24) is 9.36 Å². The number of aromatic nitrogens is 2. The summed E-state index contributed by atoms with van der Waals surface area (Å²) in [6.07, 6.45) is 0.552. The van der Waals surface area contributed by atoms with Crippen LogP contribution >= 0.6 is 22.9 Å². The van der Waals surface area contributed by atoms with Crippen LogP contribution in [0, 0.1) is 6.92 Å². The van der Waals surface area contributed by atoms with E-state index in [1.807, 2.05) is 12.3 Å². The van der Waals surface area contributed by atoms with Crippen molar-refractivity contribution in [2.75, 3.05) is 31.3 Å². The zero-order valence-electron chi connectivity index (χ0n) is 12.3. The molecule has 2 heterocycles. The zero-order chi connectivity index (χ0) is 15.5. The molecule has 0 amide bonds. The van der Waals surface area contributed by atoms with Crippen molar-refractivity contribution >= 4 is 33.7 Å². The Morgan fingerprint density at radius 1 is 1.52 bits per heavy atom. The highest BCUT2D eigenvalue weighted by Gasteiger charge is 2.22.